The molecule has 0 amide bonds. The number of halogens is 1. The Balaban J connectivity index is 0.000000551. The average Bonchev–Trinajstić information content (AvgIpc) is 3.55. The SMILES string of the molecule is CN([Si](C)C)[Si](C)(C)C.COCC#Cc1cc(Cl)c(Nc2ncnc3cc(OCCCN4CCOCC4)c(OC)cc23)c2c1OCO2.[Na]. The number of ether oxygens (including phenoxy) is 6. The number of methoxy groups -OCH3 is 2. The molecule has 0 saturated carbocycles. The molecular formula is C33H47ClN5NaO6Si2. The topological polar surface area (TPSA) is 99.7 Å². The molecule has 11 nitrogen and oxygen atoms in total. The molecule has 2 radical (unpaired) electrons. The van der Waals surface area contributed by atoms with Crippen LogP contribution in [0.3, 0.4) is 0 Å². The minimum absolute atomic E-state index is 0. The van der Waals surface area contributed by atoms with Gasteiger partial charge in [0.2, 0.25) is 6.79 Å². The second-order valence-electron chi connectivity index (χ2n) is 12.3. The maximum Gasteiger partial charge on any atom is 0.231 e. The van der Waals surface area contributed by atoms with Gasteiger partial charge in [0.05, 0.1) is 43.0 Å². The van der Waals surface area contributed by atoms with E-state index in [4.69, 9.17) is 40.0 Å². The van der Waals surface area contributed by atoms with E-state index in [0.29, 0.717) is 63.8 Å². The molecule has 1 N–H and O–H groups in total. The number of nitrogens with one attached hydrogen (secondary N) is 1. The van der Waals surface area contributed by atoms with Crippen molar-refractivity contribution in [1.82, 2.24) is 19.1 Å². The molecule has 2 aliphatic rings. The minimum Gasteiger partial charge on any atom is -0.493 e. The third kappa shape index (κ3) is 11.0. The van der Waals surface area contributed by atoms with Crippen LogP contribution in [0.25, 0.3) is 10.9 Å². The summed E-state index contributed by atoms with van der Waals surface area (Å²) in [6, 6.07) is 5.44. The van der Waals surface area contributed by atoms with Crippen molar-refractivity contribution >= 4 is 80.8 Å². The third-order valence-corrected chi connectivity index (χ3v) is 14.9. The molecule has 48 heavy (non-hydrogen) atoms. The predicted octanol–water partition coefficient (Wildman–Crippen LogP) is 5.49. The molecule has 0 aliphatic carbocycles. The van der Waals surface area contributed by atoms with Crippen molar-refractivity contribution in [2.75, 3.05) is 79.4 Å². The predicted molar refractivity (Wildman–Crippen MR) is 197 cm³/mol. The molecule has 2 aliphatic heterocycles. The molecule has 3 aromatic rings. The molecule has 0 unspecified atom stereocenters. The van der Waals surface area contributed by atoms with Crippen LogP contribution in [0.1, 0.15) is 12.0 Å². The van der Waals surface area contributed by atoms with Crippen LogP contribution in [-0.4, -0.2) is 140 Å². The first-order chi connectivity index (χ1) is 22.5. The monoisotopic (exact) mass is 723 g/mol. The number of nitrogens with zero attached hydrogens (tertiary/aromatic N) is 4. The van der Waals surface area contributed by atoms with Gasteiger partial charge in [-0.05, 0) is 25.6 Å². The zero-order valence-corrected chi connectivity index (χ0v) is 34.5. The summed E-state index contributed by atoms with van der Waals surface area (Å²) < 4.78 is 36.1. The first-order valence-electron chi connectivity index (χ1n) is 15.7. The van der Waals surface area contributed by atoms with Crippen molar-refractivity contribution in [2.24, 2.45) is 0 Å². The van der Waals surface area contributed by atoms with Crippen LogP contribution in [0.15, 0.2) is 24.5 Å². The molecule has 256 valence electrons. The molecule has 0 spiro atoms. The number of hydrogen-bond acceptors (Lipinski definition) is 11. The molecule has 5 rings (SSSR count). The Morgan fingerprint density at radius 1 is 1.06 bits per heavy atom. The molecule has 3 heterocycles. The van der Waals surface area contributed by atoms with Gasteiger partial charge in [-0.2, -0.15) is 0 Å². The van der Waals surface area contributed by atoms with E-state index in [1.807, 2.05) is 12.1 Å². The number of hydrogen-bond donors (Lipinski definition) is 1. The van der Waals surface area contributed by atoms with Crippen molar-refractivity contribution in [3.8, 4) is 34.8 Å². The minimum atomic E-state index is -0.945. The molecule has 15 heteroatoms. The Hall–Kier alpha value is -2.10. The first-order valence-corrected chi connectivity index (χ1v) is 22.0. The quantitative estimate of drug-likeness (QED) is 0.155. The fourth-order valence-corrected chi connectivity index (χ4v) is 10.6. The van der Waals surface area contributed by atoms with Crippen molar-refractivity contribution in [2.45, 2.75) is 39.2 Å². The van der Waals surface area contributed by atoms with Crippen LogP contribution in [0, 0.1) is 11.8 Å². The van der Waals surface area contributed by atoms with Gasteiger partial charge in [-0.3, -0.25) is 4.90 Å². The Kier molecular flexibility index (Phi) is 16.2. The van der Waals surface area contributed by atoms with E-state index in [0.717, 1.165) is 44.7 Å². The van der Waals surface area contributed by atoms with Crippen molar-refractivity contribution in [1.29, 1.82) is 0 Å². The Morgan fingerprint density at radius 2 is 1.79 bits per heavy atom. The van der Waals surface area contributed by atoms with Crippen LogP contribution >= 0.6 is 11.6 Å². The average molecular weight is 724 g/mol. The van der Waals surface area contributed by atoms with Crippen LogP contribution in [0.2, 0.25) is 37.8 Å². The normalized spacial score (nSPS) is 14.1. The third-order valence-electron chi connectivity index (χ3n) is 7.86. The van der Waals surface area contributed by atoms with Gasteiger partial charge in [-0.25, -0.2) is 9.97 Å². The summed E-state index contributed by atoms with van der Waals surface area (Å²) >= 11 is 6.64. The maximum atomic E-state index is 6.64. The summed E-state index contributed by atoms with van der Waals surface area (Å²) in [5.41, 5.74) is 1.84. The fraction of sp³-hybridized carbons (Fsp3) is 0.515. The molecule has 2 aromatic carbocycles. The van der Waals surface area contributed by atoms with E-state index in [9.17, 15) is 0 Å². The van der Waals surface area contributed by atoms with E-state index >= 15 is 0 Å². The summed E-state index contributed by atoms with van der Waals surface area (Å²) in [5.74, 6) is 8.66. The van der Waals surface area contributed by atoms with Crippen molar-refractivity contribution in [3.05, 3.63) is 35.1 Å². The maximum absolute atomic E-state index is 6.64. The van der Waals surface area contributed by atoms with E-state index in [2.05, 4.69) is 76.0 Å². The Bertz CT molecular complexity index is 1560. The standard InChI is InChI=1S/C27H29ClN4O6.C6H18NSi2.Na/c1-33-9-3-5-18-13-20(28)24(26-25(18)37-17-38-26)31-27-19-14-22(34-2)23(15-21(19)29-16-30-27)36-10-4-6-32-7-11-35-12-8-32;1-7(8(2)3)9(4,5)6;/h13-16H,4,6-12,17H2,1-2H3,(H,29,30,31);1-6H3;. The van der Waals surface area contributed by atoms with Gasteiger partial charge in [-0.15, -0.1) is 0 Å². The summed E-state index contributed by atoms with van der Waals surface area (Å²) in [6.45, 7) is 17.3. The van der Waals surface area contributed by atoms with E-state index < -0.39 is 8.24 Å². The van der Waals surface area contributed by atoms with Crippen LogP contribution in [0.5, 0.6) is 23.0 Å². The molecule has 0 atom stereocenters. The van der Waals surface area contributed by atoms with Gasteiger partial charge >= 0.3 is 0 Å². The molecule has 0 bridgehead atoms. The van der Waals surface area contributed by atoms with Gasteiger partial charge in [0.25, 0.3) is 0 Å². The molecule has 1 aromatic heterocycles. The molecule has 1 fully saturated rings. The summed E-state index contributed by atoms with van der Waals surface area (Å²) in [7, 11) is 4.34. The summed E-state index contributed by atoms with van der Waals surface area (Å²) in [5, 5.41) is 4.44. The summed E-state index contributed by atoms with van der Waals surface area (Å²) in [4.78, 5) is 11.3. The number of aromatic nitrogens is 2. The zero-order chi connectivity index (χ0) is 34.0. The van der Waals surface area contributed by atoms with Crippen LogP contribution in [-0.2, 0) is 9.47 Å². The molecular weight excluding hydrogens is 677 g/mol. The van der Waals surface area contributed by atoms with Gasteiger partial charge in [0.15, 0.2) is 23.0 Å². The van der Waals surface area contributed by atoms with Crippen LogP contribution in [0.4, 0.5) is 11.5 Å². The van der Waals surface area contributed by atoms with Gasteiger partial charge in [0, 0.05) is 67.8 Å². The van der Waals surface area contributed by atoms with Gasteiger partial charge in [-0.1, -0.05) is 56.2 Å². The Morgan fingerprint density at radius 3 is 2.44 bits per heavy atom. The van der Waals surface area contributed by atoms with Crippen LogP contribution < -0.4 is 24.3 Å². The van der Waals surface area contributed by atoms with Crippen molar-refractivity contribution in [3.63, 3.8) is 0 Å². The van der Waals surface area contributed by atoms with Crippen molar-refractivity contribution < 1.29 is 28.4 Å². The number of benzene rings is 2. The van der Waals surface area contributed by atoms with Gasteiger partial charge in [0.1, 0.15) is 41.6 Å². The van der Waals surface area contributed by atoms with E-state index in [1.165, 1.54) is 6.33 Å². The smallest absolute Gasteiger partial charge is 0.231 e. The zero-order valence-electron chi connectivity index (χ0n) is 29.8. The van der Waals surface area contributed by atoms with E-state index in [1.54, 1.807) is 20.3 Å². The second-order valence-corrected chi connectivity index (χ2v) is 20.7. The van der Waals surface area contributed by atoms with Gasteiger partial charge < -0.3 is 38.0 Å². The fourth-order valence-electron chi connectivity index (χ4n) is 4.97. The molecule has 1 saturated heterocycles. The second kappa shape index (κ2) is 19.3. The number of fused-ring (bicyclic) bond motifs is 2. The van der Waals surface area contributed by atoms with E-state index in [-0.39, 0.29) is 45.3 Å². The number of rotatable bonds is 11. The number of anilines is 2. The Labute approximate surface area is 315 Å². The number of morpholine rings is 1. The summed E-state index contributed by atoms with van der Waals surface area (Å²) in [6.07, 6.45) is 2.38. The first kappa shape index (κ1) is 40.3. The largest absolute Gasteiger partial charge is 0.493 e.